The quantitative estimate of drug-likeness (QED) is 0.355. The Kier molecular flexibility index (Phi) is 6.87. The first kappa shape index (κ1) is 23.2. The Morgan fingerprint density at radius 2 is 1.83 bits per heavy atom. The van der Waals surface area contributed by atoms with Crippen LogP contribution in [0.5, 0.6) is 0 Å². The molecule has 4 aromatic rings. The number of halogens is 2. The minimum absolute atomic E-state index is 0.169. The van der Waals surface area contributed by atoms with Gasteiger partial charge < -0.3 is 25.2 Å². The van der Waals surface area contributed by atoms with E-state index in [1.807, 2.05) is 18.2 Å². The molecule has 0 radical (unpaired) electrons. The molecule has 1 aliphatic heterocycles. The van der Waals surface area contributed by atoms with Gasteiger partial charge in [0, 0.05) is 60.4 Å². The lowest BCUT2D eigenvalue weighted by atomic mass is 10.0. The molecule has 0 bridgehead atoms. The van der Waals surface area contributed by atoms with Crippen molar-refractivity contribution < 1.29 is 13.9 Å². The highest BCUT2D eigenvalue weighted by atomic mass is 19.1. The predicted octanol–water partition coefficient (Wildman–Crippen LogP) is 4.05. The molecule has 9 heteroatoms. The number of nitrogens with one attached hydrogen (secondary N) is 2. The van der Waals surface area contributed by atoms with Crippen molar-refractivity contribution in [2.45, 2.75) is 25.4 Å². The second kappa shape index (κ2) is 10.4. The van der Waals surface area contributed by atoms with Crippen LogP contribution >= 0.6 is 0 Å². The SMILES string of the molecule is OCCNC1CCN(c2ccc(Nc3ncc4ccn(Cc5cc(F)ccc5F)c4n3)cc2)CC1. The molecule has 5 rings (SSSR count). The number of aliphatic hydroxyl groups is 1. The van der Waals surface area contributed by atoms with E-state index in [4.69, 9.17) is 5.11 Å². The topological polar surface area (TPSA) is 78.2 Å². The van der Waals surface area contributed by atoms with Crippen LogP contribution in [0.2, 0.25) is 0 Å². The molecule has 7 nitrogen and oxygen atoms in total. The number of piperidine rings is 1. The Labute approximate surface area is 202 Å². The van der Waals surface area contributed by atoms with Gasteiger partial charge in [0.05, 0.1) is 13.2 Å². The number of hydrogen-bond donors (Lipinski definition) is 3. The molecule has 0 spiro atoms. The summed E-state index contributed by atoms with van der Waals surface area (Å²) in [6, 6.07) is 13.9. The molecule has 0 atom stereocenters. The molecule has 182 valence electrons. The van der Waals surface area contributed by atoms with Crippen molar-refractivity contribution in [3.63, 3.8) is 0 Å². The van der Waals surface area contributed by atoms with Crippen molar-refractivity contribution in [1.29, 1.82) is 0 Å². The van der Waals surface area contributed by atoms with Crippen LogP contribution in [0.15, 0.2) is 60.9 Å². The van der Waals surface area contributed by atoms with E-state index >= 15 is 0 Å². The minimum Gasteiger partial charge on any atom is -0.395 e. The smallest absolute Gasteiger partial charge is 0.229 e. The third kappa shape index (κ3) is 5.41. The van der Waals surface area contributed by atoms with Crippen molar-refractivity contribution in [2.75, 3.05) is 36.5 Å². The van der Waals surface area contributed by atoms with Crippen LogP contribution in [0.3, 0.4) is 0 Å². The summed E-state index contributed by atoms with van der Waals surface area (Å²) in [5.41, 5.74) is 2.93. The molecule has 3 N–H and O–H groups in total. The Morgan fingerprint density at radius 1 is 1.03 bits per heavy atom. The lowest BCUT2D eigenvalue weighted by molar-refractivity contribution is 0.277. The van der Waals surface area contributed by atoms with Gasteiger partial charge in [-0.25, -0.2) is 13.8 Å². The van der Waals surface area contributed by atoms with Crippen molar-refractivity contribution in [3.05, 3.63) is 78.1 Å². The van der Waals surface area contributed by atoms with E-state index < -0.39 is 11.6 Å². The zero-order valence-corrected chi connectivity index (χ0v) is 19.3. The van der Waals surface area contributed by atoms with Crippen molar-refractivity contribution in [1.82, 2.24) is 19.9 Å². The maximum atomic E-state index is 14.1. The Morgan fingerprint density at radius 3 is 2.60 bits per heavy atom. The first-order valence-corrected chi connectivity index (χ1v) is 11.8. The molecule has 0 amide bonds. The van der Waals surface area contributed by atoms with Crippen molar-refractivity contribution in [3.8, 4) is 0 Å². The number of rotatable bonds is 8. The molecule has 0 unspecified atom stereocenters. The number of benzene rings is 2. The predicted molar refractivity (Wildman–Crippen MR) is 133 cm³/mol. The van der Waals surface area contributed by atoms with Crippen LogP contribution < -0.4 is 15.5 Å². The van der Waals surface area contributed by atoms with Crippen LogP contribution in [0, 0.1) is 11.6 Å². The fourth-order valence-corrected chi connectivity index (χ4v) is 4.50. The number of nitrogens with zero attached hydrogens (tertiary/aromatic N) is 4. The van der Waals surface area contributed by atoms with Gasteiger partial charge in [-0.3, -0.25) is 0 Å². The summed E-state index contributed by atoms with van der Waals surface area (Å²) in [7, 11) is 0. The van der Waals surface area contributed by atoms with E-state index in [1.165, 1.54) is 11.8 Å². The third-order valence-corrected chi connectivity index (χ3v) is 6.38. The number of hydrogen-bond acceptors (Lipinski definition) is 6. The highest BCUT2D eigenvalue weighted by molar-refractivity contribution is 5.77. The van der Waals surface area contributed by atoms with Gasteiger partial charge in [0.2, 0.25) is 5.95 Å². The van der Waals surface area contributed by atoms with Crippen molar-refractivity contribution >= 4 is 28.4 Å². The summed E-state index contributed by atoms with van der Waals surface area (Å²) in [6.07, 6.45) is 5.61. The molecular weight excluding hydrogens is 450 g/mol. The first-order valence-electron chi connectivity index (χ1n) is 11.8. The van der Waals surface area contributed by atoms with Crippen LogP contribution in [0.25, 0.3) is 11.0 Å². The van der Waals surface area contributed by atoms with E-state index in [9.17, 15) is 8.78 Å². The molecule has 35 heavy (non-hydrogen) atoms. The monoisotopic (exact) mass is 478 g/mol. The van der Waals surface area contributed by atoms with Crippen LogP contribution in [-0.4, -0.2) is 51.9 Å². The maximum Gasteiger partial charge on any atom is 0.229 e. The van der Waals surface area contributed by atoms with Gasteiger partial charge in [0.1, 0.15) is 17.3 Å². The van der Waals surface area contributed by atoms with Crippen LogP contribution in [0.4, 0.5) is 26.1 Å². The Bertz CT molecular complexity index is 1280. The minimum atomic E-state index is -0.471. The average Bonchev–Trinajstić information content (AvgIpc) is 3.28. The van der Waals surface area contributed by atoms with Crippen LogP contribution in [-0.2, 0) is 6.54 Å². The largest absolute Gasteiger partial charge is 0.395 e. The standard InChI is InChI=1S/C26H28F2N6O/c27-20-1-6-24(28)19(15-20)17-34-11-7-18-16-30-26(32-25(18)34)31-22-2-4-23(5-3-22)33-12-8-21(9-13-33)29-10-14-35/h1-7,11,15-16,21,29,35H,8-10,12-14,17H2,(H,30,31,32). The molecule has 0 saturated carbocycles. The zero-order valence-electron chi connectivity index (χ0n) is 19.3. The molecule has 2 aromatic carbocycles. The van der Waals surface area contributed by atoms with Gasteiger partial charge in [-0.05, 0) is 61.4 Å². The Balaban J connectivity index is 1.26. The summed E-state index contributed by atoms with van der Waals surface area (Å²) in [5.74, 6) is -0.492. The van der Waals surface area contributed by atoms with Crippen LogP contribution in [0.1, 0.15) is 18.4 Å². The van der Waals surface area contributed by atoms with Gasteiger partial charge in [-0.2, -0.15) is 4.98 Å². The second-order valence-corrected chi connectivity index (χ2v) is 8.76. The van der Waals surface area contributed by atoms with E-state index in [0.717, 1.165) is 49.1 Å². The molecule has 1 saturated heterocycles. The van der Waals surface area contributed by atoms with Gasteiger partial charge in [-0.1, -0.05) is 0 Å². The fraction of sp³-hybridized carbons (Fsp3) is 0.308. The Hall–Kier alpha value is -3.56. The third-order valence-electron chi connectivity index (χ3n) is 6.38. The number of aliphatic hydroxyl groups excluding tert-OH is 1. The van der Waals surface area contributed by atoms with Gasteiger partial charge in [0.15, 0.2) is 0 Å². The zero-order chi connectivity index (χ0) is 24.2. The highest BCUT2D eigenvalue weighted by Gasteiger charge is 2.18. The molecule has 1 aliphatic rings. The summed E-state index contributed by atoms with van der Waals surface area (Å²) in [5, 5.41) is 16.4. The lowest BCUT2D eigenvalue weighted by Crippen LogP contribution is -2.43. The summed E-state index contributed by atoms with van der Waals surface area (Å²) < 4.78 is 29.5. The second-order valence-electron chi connectivity index (χ2n) is 8.76. The number of fused-ring (bicyclic) bond motifs is 1. The maximum absolute atomic E-state index is 14.1. The van der Waals surface area contributed by atoms with Gasteiger partial charge in [-0.15, -0.1) is 0 Å². The van der Waals surface area contributed by atoms with Crippen molar-refractivity contribution in [2.24, 2.45) is 0 Å². The van der Waals surface area contributed by atoms with E-state index in [-0.39, 0.29) is 18.7 Å². The van der Waals surface area contributed by atoms with Gasteiger partial charge in [0.25, 0.3) is 0 Å². The molecular formula is C26H28F2N6O. The summed E-state index contributed by atoms with van der Waals surface area (Å²) in [4.78, 5) is 11.4. The number of aromatic nitrogens is 3. The highest BCUT2D eigenvalue weighted by Crippen LogP contribution is 2.24. The normalized spacial score (nSPS) is 14.5. The number of anilines is 3. The van der Waals surface area contributed by atoms with Gasteiger partial charge >= 0.3 is 0 Å². The summed E-state index contributed by atoms with van der Waals surface area (Å²) in [6.45, 7) is 2.93. The average molecular weight is 479 g/mol. The first-order chi connectivity index (χ1) is 17.1. The van der Waals surface area contributed by atoms with E-state index in [2.05, 4.69) is 37.6 Å². The fourth-order valence-electron chi connectivity index (χ4n) is 4.50. The molecule has 2 aromatic heterocycles. The summed E-state index contributed by atoms with van der Waals surface area (Å²) >= 11 is 0. The van der Waals surface area contributed by atoms with E-state index in [0.29, 0.717) is 24.2 Å². The van der Waals surface area contributed by atoms with E-state index in [1.54, 1.807) is 17.0 Å². The molecule has 0 aliphatic carbocycles. The molecule has 1 fully saturated rings. The lowest BCUT2D eigenvalue weighted by Gasteiger charge is -2.34. The molecule has 3 heterocycles.